The molecule has 1 aliphatic carbocycles. The summed E-state index contributed by atoms with van der Waals surface area (Å²) in [4.78, 5) is 11.8. The number of nitrogens with zero attached hydrogens (tertiary/aromatic N) is 2. The Morgan fingerprint density at radius 3 is 2.70 bits per heavy atom. The number of anilines is 2. The van der Waals surface area contributed by atoms with Crippen LogP contribution in [0.4, 0.5) is 11.5 Å². The number of hydrogen-bond acceptors (Lipinski definition) is 4. The number of aromatic nitrogens is 2. The minimum Gasteiger partial charge on any atom is -0.348 e. The summed E-state index contributed by atoms with van der Waals surface area (Å²) >= 11 is 5.90. The van der Waals surface area contributed by atoms with Crippen LogP contribution in [0, 0.1) is 0 Å². The summed E-state index contributed by atoms with van der Waals surface area (Å²) in [5.74, 6) is 0.393. The lowest BCUT2D eigenvalue weighted by Gasteiger charge is -2.06. The topological polar surface area (TPSA) is 66.9 Å². The average Bonchev–Trinajstić information content (AvgIpc) is 3.23. The van der Waals surface area contributed by atoms with Gasteiger partial charge in [-0.15, -0.1) is 10.2 Å². The van der Waals surface area contributed by atoms with Gasteiger partial charge in [0.2, 0.25) is 0 Å². The van der Waals surface area contributed by atoms with Crippen LogP contribution >= 0.6 is 11.6 Å². The average molecular weight is 289 g/mol. The molecule has 102 valence electrons. The van der Waals surface area contributed by atoms with Crippen molar-refractivity contribution in [2.75, 3.05) is 5.32 Å². The highest BCUT2D eigenvalue weighted by molar-refractivity contribution is 6.30. The van der Waals surface area contributed by atoms with E-state index in [0.717, 1.165) is 18.5 Å². The van der Waals surface area contributed by atoms with Gasteiger partial charge in [0.15, 0.2) is 11.5 Å². The molecule has 1 aromatic heterocycles. The number of nitrogens with one attached hydrogen (secondary N) is 2. The first kappa shape index (κ1) is 12.9. The Labute approximate surface area is 121 Å². The maximum Gasteiger partial charge on any atom is 0.272 e. The second-order valence-electron chi connectivity index (χ2n) is 4.69. The van der Waals surface area contributed by atoms with Gasteiger partial charge in [-0.25, -0.2) is 0 Å². The molecule has 1 fully saturated rings. The van der Waals surface area contributed by atoms with Gasteiger partial charge in [-0.05, 0) is 43.2 Å². The predicted molar refractivity (Wildman–Crippen MR) is 77.3 cm³/mol. The number of halogens is 1. The highest BCUT2D eigenvalue weighted by atomic mass is 35.5. The van der Waals surface area contributed by atoms with Gasteiger partial charge in [-0.3, -0.25) is 4.79 Å². The quantitative estimate of drug-likeness (QED) is 0.908. The molecule has 0 aliphatic heterocycles. The number of hydrogen-bond donors (Lipinski definition) is 2. The zero-order valence-electron chi connectivity index (χ0n) is 10.6. The molecule has 1 saturated carbocycles. The summed E-state index contributed by atoms with van der Waals surface area (Å²) in [6, 6.07) is 11.0. The lowest BCUT2D eigenvalue weighted by atomic mass is 10.3. The zero-order valence-corrected chi connectivity index (χ0v) is 11.4. The van der Waals surface area contributed by atoms with E-state index in [0.29, 0.717) is 22.6 Å². The van der Waals surface area contributed by atoms with E-state index in [2.05, 4.69) is 20.8 Å². The smallest absolute Gasteiger partial charge is 0.272 e. The van der Waals surface area contributed by atoms with Crippen molar-refractivity contribution in [3.63, 3.8) is 0 Å². The van der Waals surface area contributed by atoms with Gasteiger partial charge in [0, 0.05) is 16.8 Å². The monoisotopic (exact) mass is 288 g/mol. The van der Waals surface area contributed by atoms with Crippen LogP contribution in [0.15, 0.2) is 36.4 Å². The summed E-state index contributed by atoms with van der Waals surface area (Å²) in [6.07, 6.45) is 2.10. The second-order valence-corrected chi connectivity index (χ2v) is 5.12. The van der Waals surface area contributed by atoms with E-state index in [4.69, 9.17) is 11.6 Å². The predicted octanol–water partition coefficient (Wildman–Crippen LogP) is 2.77. The molecule has 3 rings (SSSR count). The summed E-state index contributed by atoms with van der Waals surface area (Å²) in [6.45, 7) is 0. The molecule has 1 heterocycles. The molecular weight excluding hydrogens is 276 g/mol. The minimum atomic E-state index is -0.172. The first-order valence-corrected chi connectivity index (χ1v) is 6.76. The van der Waals surface area contributed by atoms with Crippen molar-refractivity contribution in [3.05, 3.63) is 47.1 Å². The standard InChI is InChI=1S/C14H13ClN4O/c15-9-2-1-3-11(8-9)16-13-7-6-12(18-19-13)14(20)17-10-4-5-10/h1-3,6-8,10H,4-5H2,(H,16,19)(H,17,20). The van der Waals surface area contributed by atoms with Gasteiger partial charge in [-0.2, -0.15) is 0 Å². The lowest BCUT2D eigenvalue weighted by molar-refractivity contribution is 0.0945. The normalized spacial score (nSPS) is 13.8. The van der Waals surface area contributed by atoms with Crippen molar-refractivity contribution in [2.45, 2.75) is 18.9 Å². The van der Waals surface area contributed by atoms with E-state index in [9.17, 15) is 4.79 Å². The van der Waals surface area contributed by atoms with E-state index in [-0.39, 0.29) is 5.91 Å². The van der Waals surface area contributed by atoms with Crippen LogP contribution in [0.2, 0.25) is 5.02 Å². The van der Waals surface area contributed by atoms with E-state index >= 15 is 0 Å². The third kappa shape index (κ3) is 3.24. The van der Waals surface area contributed by atoms with Crippen LogP contribution in [-0.4, -0.2) is 22.1 Å². The Kier molecular flexibility index (Phi) is 3.52. The molecule has 1 aliphatic rings. The molecule has 1 amide bonds. The lowest BCUT2D eigenvalue weighted by Crippen LogP contribution is -2.26. The first-order chi connectivity index (χ1) is 9.70. The molecule has 0 saturated heterocycles. The summed E-state index contributed by atoms with van der Waals surface area (Å²) in [5.41, 5.74) is 1.15. The van der Waals surface area contributed by atoms with Crippen molar-refractivity contribution < 1.29 is 4.79 Å². The zero-order chi connectivity index (χ0) is 13.9. The van der Waals surface area contributed by atoms with Gasteiger partial charge in [-0.1, -0.05) is 17.7 Å². The number of benzene rings is 1. The summed E-state index contributed by atoms with van der Waals surface area (Å²) < 4.78 is 0. The van der Waals surface area contributed by atoms with Crippen LogP contribution in [0.1, 0.15) is 23.3 Å². The maximum atomic E-state index is 11.8. The summed E-state index contributed by atoms with van der Waals surface area (Å²) in [7, 11) is 0. The van der Waals surface area contributed by atoms with Crippen LogP contribution in [0.5, 0.6) is 0 Å². The van der Waals surface area contributed by atoms with Crippen LogP contribution in [0.25, 0.3) is 0 Å². The Morgan fingerprint density at radius 2 is 2.05 bits per heavy atom. The number of carbonyl (C=O) groups is 1. The van der Waals surface area contributed by atoms with Crippen molar-refractivity contribution in [1.29, 1.82) is 0 Å². The molecule has 0 bridgehead atoms. The Hall–Kier alpha value is -2.14. The van der Waals surface area contributed by atoms with Crippen molar-refractivity contribution in [3.8, 4) is 0 Å². The molecule has 1 aromatic carbocycles. The fourth-order valence-corrected chi connectivity index (χ4v) is 1.91. The fourth-order valence-electron chi connectivity index (χ4n) is 1.72. The van der Waals surface area contributed by atoms with Gasteiger partial charge in [0.1, 0.15) is 0 Å². The second kappa shape index (κ2) is 5.46. The van der Waals surface area contributed by atoms with Gasteiger partial charge in [0.05, 0.1) is 0 Å². The highest BCUT2D eigenvalue weighted by Crippen LogP contribution is 2.20. The van der Waals surface area contributed by atoms with Crippen molar-refractivity contribution >= 4 is 29.0 Å². The van der Waals surface area contributed by atoms with Gasteiger partial charge >= 0.3 is 0 Å². The number of rotatable bonds is 4. The molecule has 0 spiro atoms. The van der Waals surface area contributed by atoms with Crippen LogP contribution in [-0.2, 0) is 0 Å². The molecule has 5 nitrogen and oxygen atoms in total. The molecular formula is C14H13ClN4O. The highest BCUT2D eigenvalue weighted by Gasteiger charge is 2.24. The Morgan fingerprint density at radius 1 is 1.20 bits per heavy atom. The van der Waals surface area contributed by atoms with E-state index in [1.807, 2.05) is 12.1 Å². The number of carbonyl (C=O) groups excluding carboxylic acids is 1. The molecule has 6 heteroatoms. The van der Waals surface area contributed by atoms with Crippen molar-refractivity contribution in [2.24, 2.45) is 0 Å². The van der Waals surface area contributed by atoms with E-state index in [1.165, 1.54) is 0 Å². The first-order valence-electron chi connectivity index (χ1n) is 6.38. The SMILES string of the molecule is O=C(NC1CC1)c1ccc(Nc2cccc(Cl)c2)nn1. The van der Waals surface area contributed by atoms with Gasteiger partial charge in [0.25, 0.3) is 5.91 Å². The molecule has 0 radical (unpaired) electrons. The van der Waals surface area contributed by atoms with Gasteiger partial charge < -0.3 is 10.6 Å². The fraction of sp³-hybridized carbons (Fsp3) is 0.214. The molecule has 20 heavy (non-hydrogen) atoms. The third-order valence-electron chi connectivity index (χ3n) is 2.91. The van der Waals surface area contributed by atoms with E-state index in [1.54, 1.807) is 24.3 Å². The third-order valence-corrected chi connectivity index (χ3v) is 3.14. The van der Waals surface area contributed by atoms with Crippen molar-refractivity contribution in [1.82, 2.24) is 15.5 Å². The largest absolute Gasteiger partial charge is 0.348 e. The van der Waals surface area contributed by atoms with Crippen LogP contribution in [0.3, 0.4) is 0 Å². The Balaban J connectivity index is 1.67. The molecule has 2 N–H and O–H groups in total. The minimum absolute atomic E-state index is 0.172. The molecule has 0 atom stereocenters. The van der Waals surface area contributed by atoms with Crippen LogP contribution < -0.4 is 10.6 Å². The molecule has 0 unspecified atom stereocenters. The van der Waals surface area contributed by atoms with E-state index < -0.39 is 0 Å². The molecule has 2 aromatic rings. The maximum absolute atomic E-state index is 11.8. The number of amides is 1. The Bertz CT molecular complexity index is 625. The summed E-state index contributed by atoms with van der Waals surface area (Å²) in [5, 5.41) is 14.5.